The molecule has 2 amide bonds. The normalized spacial score (nSPS) is 9.13. The number of hydrogen-bond donors (Lipinski definition) is 2. The summed E-state index contributed by atoms with van der Waals surface area (Å²) in [5.74, 6) is -0.218. The maximum atomic E-state index is 11.1. The number of rotatable bonds is 3. The van der Waals surface area contributed by atoms with Crippen LogP contribution in [0.3, 0.4) is 0 Å². The van der Waals surface area contributed by atoms with E-state index in [1.54, 1.807) is 0 Å². The minimum absolute atomic E-state index is 0.192. The van der Waals surface area contributed by atoms with Crippen molar-refractivity contribution in [2.75, 3.05) is 19.0 Å². The molecule has 15 heavy (non-hydrogen) atoms. The number of amides is 2. The van der Waals surface area contributed by atoms with Gasteiger partial charge in [0.2, 0.25) is 0 Å². The Morgan fingerprint density at radius 2 is 2.27 bits per heavy atom. The average Bonchev–Trinajstić information content (AvgIpc) is 2.27. The molecule has 0 atom stereocenters. The average molecular weight is 210 g/mol. The lowest BCUT2D eigenvalue weighted by atomic mass is 10.6. The number of carbonyl (C=O) groups excluding carboxylic acids is 2. The van der Waals surface area contributed by atoms with E-state index in [2.05, 4.69) is 25.3 Å². The van der Waals surface area contributed by atoms with Crippen LogP contribution in [0.5, 0.6) is 0 Å². The third-order valence-corrected chi connectivity index (χ3v) is 1.43. The molecule has 0 aliphatic rings. The summed E-state index contributed by atoms with van der Waals surface area (Å²) < 4.78 is 4.34. The van der Waals surface area contributed by atoms with Gasteiger partial charge in [-0.05, 0) is 0 Å². The molecule has 0 spiro atoms. The quantitative estimate of drug-likeness (QED) is 0.672. The van der Waals surface area contributed by atoms with Gasteiger partial charge >= 0.3 is 12.0 Å². The Balaban J connectivity index is 2.34. The van der Waals surface area contributed by atoms with Crippen molar-refractivity contribution in [3.05, 3.63) is 18.6 Å². The predicted octanol–water partition coefficient (Wildman–Crippen LogP) is -0.229. The molecule has 0 fully saturated rings. The summed E-state index contributed by atoms with van der Waals surface area (Å²) in [6, 6.07) is -0.541. The third-order valence-electron chi connectivity index (χ3n) is 1.43. The zero-order valence-electron chi connectivity index (χ0n) is 8.06. The first kappa shape index (κ1) is 10.9. The van der Waals surface area contributed by atoms with Crippen molar-refractivity contribution in [2.45, 2.75) is 0 Å². The van der Waals surface area contributed by atoms with Crippen molar-refractivity contribution in [3.63, 3.8) is 0 Å². The van der Waals surface area contributed by atoms with Crippen LogP contribution in [-0.2, 0) is 9.53 Å². The second-order valence-electron chi connectivity index (χ2n) is 2.47. The molecule has 0 aliphatic heterocycles. The Bertz CT molecular complexity index is 341. The Hall–Kier alpha value is -2.18. The van der Waals surface area contributed by atoms with Crippen molar-refractivity contribution in [2.24, 2.45) is 0 Å². The summed E-state index contributed by atoms with van der Waals surface area (Å²) in [6.45, 7) is -0.192. The third kappa shape index (κ3) is 4.03. The van der Waals surface area contributed by atoms with Gasteiger partial charge in [0.1, 0.15) is 6.54 Å². The molecule has 80 valence electrons. The van der Waals surface area contributed by atoms with Crippen molar-refractivity contribution in [3.8, 4) is 0 Å². The molecule has 0 radical (unpaired) electrons. The fourth-order valence-electron chi connectivity index (χ4n) is 0.749. The number of nitrogens with one attached hydrogen (secondary N) is 2. The minimum atomic E-state index is -0.541. The Morgan fingerprint density at radius 1 is 1.47 bits per heavy atom. The van der Waals surface area contributed by atoms with E-state index in [0.29, 0.717) is 5.82 Å². The van der Waals surface area contributed by atoms with E-state index < -0.39 is 12.0 Å². The molecule has 0 bridgehead atoms. The lowest BCUT2D eigenvalue weighted by Gasteiger charge is -2.04. The number of hydrogen-bond acceptors (Lipinski definition) is 5. The summed E-state index contributed by atoms with van der Waals surface area (Å²) in [6.07, 6.45) is 4.31. The van der Waals surface area contributed by atoms with Gasteiger partial charge in [-0.25, -0.2) is 9.78 Å². The smallest absolute Gasteiger partial charge is 0.325 e. The van der Waals surface area contributed by atoms with Crippen molar-refractivity contribution in [1.82, 2.24) is 15.3 Å². The molecule has 0 aromatic carbocycles. The van der Waals surface area contributed by atoms with E-state index in [4.69, 9.17) is 0 Å². The van der Waals surface area contributed by atoms with Crippen LogP contribution in [0.15, 0.2) is 18.6 Å². The predicted molar refractivity (Wildman–Crippen MR) is 51.1 cm³/mol. The Morgan fingerprint density at radius 3 is 2.87 bits per heavy atom. The topological polar surface area (TPSA) is 93.2 Å². The molecule has 1 aromatic heterocycles. The van der Waals surface area contributed by atoms with Crippen molar-refractivity contribution < 1.29 is 14.3 Å². The minimum Gasteiger partial charge on any atom is -0.468 e. The first-order chi connectivity index (χ1) is 7.22. The van der Waals surface area contributed by atoms with Crippen LogP contribution < -0.4 is 10.6 Å². The van der Waals surface area contributed by atoms with E-state index >= 15 is 0 Å². The number of carbonyl (C=O) groups is 2. The molecule has 1 heterocycles. The van der Waals surface area contributed by atoms with Crippen LogP contribution in [0.2, 0.25) is 0 Å². The van der Waals surface area contributed by atoms with Gasteiger partial charge in [0.25, 0.3) is 0 Å². The first-order valence-corrected chi connectivity index (χ1v) is 4.10. The van der Waals surface area contributed by atoms with Gasteiger partial charge in [0.05, 0.1) is 13.3 Å². The summed E-state index contributed by atoms with van der Waals surface area (Å²) >= 11 is 0. The highest BCUT2D eigenvalue weighted by molar-refractivity contribution is 5.90. The van der Waals surface area contributed by atoms with Crippen LogP contribution in [0.4, 0.5) is 10.6 Å². The maximum absolute atomic E-state index is 11.1. The highest BCUT2D eigenvalue weighted by Gasteiger charge is 2.05. The highest BCUT2D eigenvalue weighted by atomic mass is 16.5. The van der Waals surface area contributed by atoms with E-state index in [9.17, 15) is 9.59 Å². The molecule has 0 saturated carbocycles. The molecule has 0 unspecified atom stereocenters. The largest absolute Gasteiger partial charge is 0.468 e. The zero-order chi connectivity index (χ0) is 11.1. The molecule has 7 heteroatoms. The Labute approximate surface area is 85.9 Å². The molecule has 0 saturated heterocycles. The molecule has 7 nitrogen and oxygen atoms in total. The van der Waals surface area contributed by atoms with Gasteiger partial charge in [-0.1, -0.05) is 0 Å². The fourth-order valence-corrected chi connectivity index (χ4v) is 0.749. The second-order valence-corrected chi connectivity index (χ2v) is 2.47. The van der Waals surface area contributed by atoms with Crippen LogP contribution >= 0.6 is 0 Å². The van der Waals surface area contributed by atoms with Gasteiger partial charge in [0.15, 0.2) is 5.82 Å². The van der Waals surface area contributed by atoms with Gasteiger partial charge in [-0.3, -0.25) is 15.1 Å². The number of esters is 1. The van der Waals surface area contributed by atoms with Crippen LogP contribution in [0, 0.1) is 0 Å². The zero-order valence-corrected chi connectivity index (χ0v) is 8.06. The summed E-state index contributed by atoms with van der Waals surface area (Å²) in [5.41, 5.74) is 0. The van der Waals surface area contributed by atoms with Gasteiger partial charge in [0, 0.05) is 12.4 Å². The van der Waals surface area contributed by atoms with E-state index in [1.165, 1.54) is 25.7 Å². The summed E-state index contributed by atoms with van der Waals surface area (Å²) in [7, 11) is 1.24. The summed E-state index contributed by atoms with van der Waals surface area (Å²) in [4.78, 5) is 29.4. The van der Waals surface area contributed by atoms with E-state index in [-0.39, 0.29) is 6.54 Å². The Kier molecular flexibility index (Phi) is 4.02. The molecular weight excluding hydrogens is 200 g/mol. The fraction of sp³-hybridized carbons (Fsp3) is 0.250. The van der Waals surface area contributed by atoms with Gasteiger partial charge in [-0.15, -0.1) is 0 Å². The number of anilines is 1. The maximum Gasteiger partial charge on any atom is 0.325 e. The SMILES string of the molecule is COC(=O)CNC(=O)Nc1cnccn1. The van der Waals surface area contributed by atoms with Crippen molar-refractivity contribution >= 4 is 17.8 Å². The lowest BCUT2D eigenvalue weighted by molar-refractivity contribution is -0.139. The van der Waals surface area contributed by atoms with E-state index in [0.717, 1.165) is 0 Å². The monoisotopic (exact) mass is 210 g/mol. The standard InChI is InChI=1S/C8H10N4O3/c1-15-7(13)5-11-8(14)12-6-4-9-2-3-10-6/h2-4H,5H2,1H3,(H2,10,11,12,14). The highest BCUT2D eigenvalue weighted by Crippen LogP contribution is 1.95. The molecule has 1 aromatic rings. The number of aromatic nitrogens is 2. The van der Waals surface area contributed by atoms with Crippen LogP contribution in [0.1, 0.15) is 0 Å². The molecule has 1 rings (SSSR count). The van der Waals surface area contributed by atoms with Gasteiger partial charge < -0.3 is 10.1 Å². The number of ether oxygens (including phenoxy) is 1. The summed E-state index contributed by atoms with van der Waals surface area (Å²) in [5, 5.41) is 4.68. The number of urea groups is 1. The number of nitrogens with zero attached hydrogens (tertiary/aromatic N) is 2. The molecule has 2 N–H and O–H groups in total. The number of methoxy groups -OCH3 is 1. The van der Waals surface area contributed by atoms with Crippen molar-refractivity contribution in [1.29, 1.82) is 0 Å². The first-order valence-electron chi connectivity index (χ1n) is 4.10. The van der Waals surface area contributed by atoms with Crippen LogP contribution in [-0.4, -0.2) is 35.6 Å². The van der Waals surface area contributed by atoms with E-state index in [1.807, 2.05) is 0 Å². The molecule has 0 aliphatic carbocycles. The lowest BCUT2D eigenvalue weighted by Crippen LogP contribution is -2.33. The van der Waals surface area contributed by atoms with Crippen LogP contribution in [0.25, 0.3) is 0 Å². The van der Waals surface area contributed by atoms with Gasteiger partial charge in [-0.2, -0.15) is 0 Å². The second kappa shape index (κ2) is 5.53. The molecular formula is C8H10N4O3.